The number of aliphatic hydroxyl groups excluding tert-OH is 1. The maximum atomic E-state index is 8.70. The Hall–Kier alpha value is -1.22. The van der Waals surface area contributed by atoms with Crippen molar-refractivity contribution in [3.05, 3.63) is 23.8 Å². The molecule has 0 amide bonds. The summed E-state index contributed by atoms with van der Waals surface area (Å²) in [6.45, 7) is 0.524. The van der Waals surface area contributed by atoms with Crippen molar-refractivity contribution in [2.45, 2.75) is 12.8 Å². The first-order valence-electron chi connectivity index (χ1n) is 4.40. The van der Waals surface area contributed by atoms with Gasteiger partial charge in [-0.2, -0.15) is 0 Å². The molecule has 1 N–H and O–H groups in total. The molecule has 0 aliphatic carbocycles. The minimum Gasteiger partial charge on any atom is -0.454 e. The molecule has 1 aliphatic heterocycles. The van der Waals surface area contributed by atoms with Crippen LogP contribution in [0.1, 0.15) is 12.0 Å². The van der Waals surface area contributed by atoms with E-state index < -0.39 is 0 Å². The van der Waals surface area contributed by atoms with Crippen LogP contribution in [0.5, 0.6) is 11.5 Å². The fourth-order valence-electron chi connectivity index (χ4n) is 1.46. The van der Waals surface area contributed by atoms with E-state index in [1.165, 1.54) is 0 Å². The van der Waals surface area contributed by atoms with Crippen LogP contribution < -0.4 is 9.47 Å². The van der Waals surface area contributed by atoms with Crippen molar-refractivity contribution >= 4 is 0 Å². The molecule has 0 saturated carbocycles. The zero-order valence-electron chi connectivity index (χ0n) is 7.32. The summed E-state index contributed by atoms with van der Waals surface area (Å²) >= 11 is 0. The molecule has 0 radical (unpaired) electrons. The highest BCUT2D eigenvalue weighted by Crippen LogP contribution is 2.35. The summed E-state index contributed by atoms with van der Waals surface area (Å²) in [5, 5.41) is 8.70. The second-order valence-corrected chi connectivity index (χ2v) is 2.98. The lowest BCUT2D eigenvalue weighted by atomic mass is 10.1. The molecule has 3 heteroatoms. The average Bonchev–Trinajstić information content (AvgIpc) is 2.62. The minimum absolute atomic E-state index is 0.213. The summed E-state index contributed by atoms with van der Waals surface area (Å²) in [4.78, 5) is 0. The number of aryl methyl sites for hydroxylation is 1. The number of rotatable bonds is 3. The van der Waals surface area contributed by atoms with Gasteiger partial charge < -0.3 is 14.6 Å². The fraction of sp³-hybridized carbons (Fsp3) is 0.400. The van der Waals surface area contributed by atoms with E-state index in [9.17, 15) is 0 Å². The van der Waals surface area contributed by atoms with E-state index >= 15 is 0 Å². The number of fused-ring (bicyclic) bond motifs is 1. The molecular formula is C10H12O3. The Morgan fingerprint density at radius 3 is 3.08 bits per heavy atom. The number of hydrogen-bond donors (Lipinski definition) is 1. The fourth-order valence-corrected chi connectivity index (χ4v) is 1.46. The van der Waals surface area contributed by atoms with Crippen LogP contribution in [0.2, 0.25) is 0 Å². The number of benzene rings is 1. The van der Waals surface area contributed by atoms with Gasteiger partial charge in [-0.3, -0.25) is 0 Å². The molecule has 1 aromatic rings. The molecule has 1 aliphatic rings. The predicted octanol–water partition coefficient (Wildman–Crippen LogP) is 1.34. The molecule has 0 unspecified atom stereocenters. The van der Waals surface area contributed by atoms with Crippen molar-refractivity contribution in [2.75, 3.05) is 13.4 Å². The molecule has 0 spiro atoms. The third kappa shape index (κ3) is 1.60. The Kier molecular flexibility index (Phi) is 2.36. The van der Waals surface area contributed by atoms with Gasteiger partial charge in [-0.15, -0.1) is 0 Å². The summed E-state index contributed by atoms with van der Waals surface area (Å²) in [6.07, 6.45) is 1.60. The maximum Gasteiger partial charge on any atom is 0.231 e. The van der Waals surface area contributed by atoms with E-state index in [1.54, 1.807) is 0 Å². The molecular weight excluding hydrogens is 168 g/mol. The largest absolute Gasteiger partial charge is 0.454 e. The third-order valence-electron chi connectivity index (χ3n) is 2.08. The lowest BCUT2D eigenvalue weighted by Gasteiger charge is -2.03. The third-order valence-corrected chi connectivity index (χ3v) is 2.08. The van der Waals surface area contributed by atoms with E-state index in [4.69, 9.17) is 14.6 Å². The van der Waals surface area contributed by atoms with Gasteiger partial charge in [0.1, 0.15) is 0 Å². The topological polar surface area (TPSA) is 38.7 Å². The van der Waals surface area contributed by atoms with Crippen LogP contribution in [0.25, 0.3) is 0 Å². The number of hydrogen-bond acceptors (Lipinski definition) is 3. The molecule has 70 valence electrons. The van der Waals surface area contributed by atoms with Crippen molar-refractivity contribution in [3.8, 4) is 11.5 Å². The predicted molar refractivity (Wildman–Crippen MR) is 48.0 cm³/mol. The SMILES string of the molecule is OCCCc1cccc2c1OCO2. The van der Waals surface area contributed by atoms with Crippen molar-refractivity contribution in [3.63, 3.8) is 0 Å². The van der Waals surface area contributed by atoms with Crippen molar-refractivity contribution in [2.24, 2.45) is 0 Å². The first-order chi connectivity index (χ1) is 6.42. The lowest BCUT2D eigenvalue weighted by Crippen LogP contribution is -1.95. The average molecular weight is 180 g/mol. The molecule has 0 fully saturated rings. The summed E-state index contributed by atoms with van der Waals surface area (Å²) in [6, 6.07) is 5.84. The number of para-hydroxylation sites is 1. The molecule has 1 aromatic carbocycles. The zero-order chi connectivity index (χ0) is 9.10. The van der Waals surface area contributed by atoms with Gasteiger partial charge in [-0.1, -0.05) is 12.1 Å². The Labute approximate surface area is 76.9 Å². The van der Waals surface area contributed by atoms with Crippen LogP contribution in [0.15, 0.2) is 18.2 Å². The van der Waals surface area contributed by atoms with Crippen molar-refractivity contribution in [1.82, 2.24) is 0 Å². The number of ether oxygens (including phenoxy) is 2. The van der Waals surface area contributed by atoms with Gasteiger partial charge in [-0.25, -0.2) is 0 Å². The quantitative estimate of drug-likeness (QED) is 0.762. The second kappa shape index (κ2) is 3.66. The standard InChI is InChI=1S/C10H12O3/c11-6-2-4-8-3-1-5-9-10(8)13-7-12-9/h1,3,5,11H,2,4,6-7H2. The van der Waals surface area contributed by atoms with Crippen molar-refractivity contribution < 1.29 is 14.6 Å². The van der Waals surface area contributed by atoms with Gasteiger partial charge in [0.25, 0.3) is 0 Å². The van der Waals surface area contributed by atoms with E-state index in [0.29, 0.717) is 6.79 Å². The Balaban J connectivity index is 2.20. The van der Waals surface area contributed by atoms with Crippen LogP contribution in [-0.4, -0.2) is 18.5 Å². The Morgan fingerprint density at radius 1 is 1.31 bits per heavy atom. The second-order valence-electron chi connectivity index (χ2n) is 2.98. The Bertz CT molecular complexity index is 296. The normalized spacial score (nSPS) is 13.3. The highest BCUT2D eigenvalue weighted by atomic mass is 16.7. The molecule has 13 heavy (non-hydrogen) atoms. The van der Waals surface area contributed by atoms with E-state index in [0.717, 1.165) is 29.9 Å². The van der Waals surface area contributed by atoms with Gasteiger partial charge in [0.2, 0.25) is 6.79 Å². The monoisotopic (exact) mass is 180 g/mol. The van der Waals surface area contributed by atoms with Crippen LogP contribution >= 0.6 is 0 Å². The smallest absolute Gasteiger partial charge is 0.231 e. The van der Waals surface area contributed by atoms with E-state index in [-0.39, 0.29) is 6.61 Å². The van der Waals surface area contributed by atoms with Crippen LogP contribution in [0, 0.1) is 0 Å². The van der Waals surface area contributed by atoms with Crippen molar-refractivity contribution in [1.29, 1.82) is 0 Å². The summed E-state index contributed by atoms with van der Waals surface area (Å²) < 4.78 is 10.6. The van der Waals surface area contributed by atoms with Crippen LogP contribution in [0.4, 0.5) is 0 Å². The van der Waals surface area contributed by atoms with Crippen LogP contribution in [-0.2, 0) is 6.42 Å². The Morgan fingerprint density at radius 2 is 2.23 bits per heavy atom. The lowest BCUT2D eigenvalue weighted by molar-refractivity contribution is 0.173. The molecule has 0 aromatic heterocycles. The van der Waals surface area contributed by atoms with Crippen LogP contribution in [0.3, 0.4) is 0 Å². The summed E-state index contributed by atoms with van der Waals surface area (Å²) in [5.74, 6) is 1.66. The first-order valence-corrected chi connectivity index (χ1v) is 4.40. The molecule has 2 rings (SSSR count). The first kappa shape index (κ1) is 8.38. The zero-order valence-corrected chi connectivity index (χ0v) is 7.32. The molecule has 0 saturated heterocycles. The summed E-state index contributed by atoms with van der Waals surface area (Å²) in [5.41, 5.74) is 1.11. The molecule has 1 heterocycles. The van der Waals surface area contributed by atoms with Gasteiger partial charge in [-0.05, 0) is 24.5 Å². The molecule has 3 nitrogen and oxygen atoms in total. The van der Waals surface area contributed by atoms with Gasteiger partial charge in [0, 0.05) is 6.61 Å². The maximum absolute atomic E-state index is 8.70. The molecule has 0 bridgehead atoms. The van der Waals surface area contributed by atoms with E-state index in [2.05, 4.69) is 0 Å². The highest BCUT2D eigenvalue weighted by Gasteiger charge is 2.16. The van der Waals surface area contributed by atoms with E-state index in [1.807, 2.05) is 18.2 Å². The van der Waals surface area contributed by atoms with Gasteiger partial charge in [0.15, 0.2) is 11.5 Å². The summed E-state index contributed by atoms with van der Waals surface area (Å²) in [7, 11) is 0. The minimum atomic E-state index is 0.213. The highest BCUT2D eigenvalue weighted by molar-refractivity contribution is 5.48. The number of aliphatic hydroxyl groups is 1. The van der Waals surface area contributed by atoms with Gasteiger partial charge in [0.05, 0.1) is 0 Å². The molecule has 0 atom stereocenters. The van der Waals surface area contributed by atoms with Gasteiger partial charge >= 0.3 is 0 Å².